The van der Waals surface area contributed by atoms with Crippen LogP contribution in [0.15, 0.2) is 11.1 Å². The Morgan fingerprint density at radius 3 is 2.62 bits per heavy atom. The maximum atomic E-state index is 11.6. The molecule has 0 aliphatic carbocycles. The first-order valence-electron chi connectivity index (χ1n) is 3.98. The summed E-state index contributed by atoms with van der Waals surface area (Å²) >= 11 is 6.42. The molecule has 3 nitrogen and oxygen atoms in total. The number of nitrogens with zero attached hydrogens (tertiary/aromatic N) is 2. The van der Waals surface area contributed by atoms with Crippen LogP contribution in [0.1, 0.15) is 6.92 Å². The Labute approximate surface area is 87.8 Å². The monoisotopic (exact) mass is 216 g/mol. The highest BCUT2D eigenvalue weighted by atomic mass is 32.2. The Hall–Kier alpha value is -0.550. The summed E-state index contributed by atoms with van der Waals surface area (Å²) in [5.74, 6) is 0.0196. The van der Waals surface area contributed by atoms with Crippen LogP contribution in [0.2, 0.25) is 0 Å². The molecule has 0 unspecified atom stereocenters. The number of thiocarbonyl (C=S) groups is 1. The van der Waals surface area contributed by atoms with Crippen molar-refractivity contribution in [1.29, 1.82) is 0 Å². The fourth-order valence-electron chi connectivity index (χ4n) is 0.998. The Morgan fingerprint density at radius 2 is 2.23 bits per heavy atom. The van der Waals surface area contributed by atoms with Crippen molar-refractivity contribution in [2.24, 2.45) is 0 Å². The van der Waals surface area contributed by atoms with Crippen molar-refractivity contribution in [2.45, 2.75) is 6.92 Å². The average molecular weight is 216 g/mol. The van der Waals surface area contributed by atoms with E-state index in [4.69, 9.17) is 12.2 Å². The van der Waals surface area contributed by atoms with Crippen LogP contribution in [-0.2, 0) is 4.79 Å². The van der Waals surface area contributed by atoms with Crippen molar-refractivity contribution in [3.05, 3.63) is 11.1 Å². The van der Waals surface area contributed by atoms with E-state index in [1.807, 2.05) is 25.9 Å². The molecule has 1 rings (SSSR count). The number of carbonyl (C=O) groups excluding carboxylic acids is 1. The minimum absolute atomic E-state index is 0.0196. The number of likely N-dealkylation sites (N-methyl/N-ethyl adjacent to an activating group) is 1. The van der Waals surface area contributed by atoms with Gasteiger partial charge >= 0.3 is 0 Å². The summed E-state index contributed by atoms with van der Waals surface area (Å²) in [6, 6.07) is 0. The fourth-order valence-corrected chi connectivity index (χ4v) is 2.45. The molecule has 0 aromatic rings. The van der Waals surface area contributed by atoms with Crippen LogP contribution in [-0.4, -0.2) is 40.7 Å². The highest BCUT2D eigenvalue weighted by molar-refractivity contribution is 8.26. The van der Waals surface area contributed by atoms with Gasteiger partial charge < -0.3 is 4.90 Å². The quantitative estimate of drug-likeness (QED) is 0.512. The van der Waals surface area contributed by atoms with E-state index in [0.29, 0.717) is 15.8 Å². The van der Waals surface area contributed by atoms with Gasteiger partial charge in [-0.05, 0) is 6.92 Å². The number of carbonyl (C=O) groups is 1. The van der Waals surface area contributed by atoms with Gasteiger partial charge in [-0.1, -0.05) is 24.0 Å². The highest BCUT2D eigenvalue weighted by Crippen LogP contribution is 2.30. The highest BCUT2D eigenvalue weighted by Gasteiger charge is 2.30. The first-order chi connectivity index (χ1) is 6.06. The number of thioether (sulfide) groups is 1. The molecule has 1 heterocycles. The lowest BCUT2D eigenvalue weighted by molar-refractivity contribution is -0.122. The van der Waals surface area contributed by atoms with Gasteiger partial charge in [-0.25, -0.2) is 0 Å². The second kappa shape index (κ2) is 4.11. The van der Waals surface area contributed by atoms with Crippen LogP contribution in [0.25, 0.3) is 0 Å². The van der Waals surface area contributed by atoms with Gasteiger partial charge in [-0.3, -0.25) is 9.69 Å². The predicted molar refractivity (Wildman–Crippen MR) is 59.3 cm³/mol. The van der Waals surface area contributed by atoms with Crippen LogP contribution in [0.3, 0.4) is 0 Å². The molecule has 0 aromatic carbocycles. The van der Waals surface area contributed by atoms with Gasteiger partial charge in [0.05, 0.1) is 4.91 Å². The topological polar surface area (TPSA) is 23.6 Å². The largest absolute Gasteiger partial charge is 0.382 e. The zero-order valence-electron chi connectivity index (χ0n) is 7.90. The Balaban J connectivity index is 2.85. The van der Waals surface area contributed by atoms with E-state index in [1.165, 1.54) is 11.8 Å². The molecule has 1 aliphatic rings. The molecular weight excluding hydrogens is 204 g/mol. The molecule has 0 saturated carbocycles. The second-order valence-corrected chi connectivity index (χ2v) is 4.55. The summed E-state index contributed by atoms with van der Waals surface area (Å²) in [6.07, 6.45) is 1.80. The van der Waals surface area contributed by atoms with E-state index in [1.54, 1.807) is 11.1 Å². The van der Waals surface area contributed by atoms with Crippen LogP contribution >= 0.6 is 24.0 Å². The molecule has 1 fully saturated rings. The summed E-state index contributed by atoms with van der Waals surface area (Å²) in [4.78, 5) is 15.8. The minimum Gasteiger partial charge on any atom is -0.382 e. The fraction of sp³-hybridized carbons (Fsp3) is 0.500. The molecule has 1 amide bonds. The third-order valence-corrected chi connectivity index (χ3v) is 2.93. The van der Waals surface area contributed by atoms with E-state index in [-0.39, 0.29) is 5.91 Å². The maximum Gasteiger partial charge on any atom is 0.267 e. The Kier molecular flexibility index (Phi) is 3.33. The average Bonchev–Trinajstić information content (AvgIpc) is 2.26. The van der Waals surface area contributed by atoms with Crippen molar-refractivity contribution < 1.29 is 4.79 Å². The molecule has 0 aromatic heterocycles. The molecule has 72 valence electrons. The van der Waals surface area contributed by atoms with Crippen molar-refractivity contribution in [3.63, 3.8) is 0 Å². The van der Waals surface area contributed by atoms with Crippen LogP contribution in [0.5, 0.6) is 0 Å². The molecule has 0 spiro atoms. The molecular formula is C8H12N2OS2. The zero-order chi connectivity index (χ0) is 10.0. The number of hydrogen-bond acceptors (Lipinski definition) is 4. The lowest BCUT2D eigenvalue weighted by Gasteiger charge is -2.10. The summed E-state index contributed by atoms with van der Waals surface area (Å²) in [5, 5.41) is 0. The predicted octanol–water partition coefficient (Wildman–Crippen LogP) is 1.27. The van der Waals surface area contributed by atoms with Gasteiger partial charge in [-0.2, -0.15) is 0 Å². The zero-order valence-corrected chi connectivity index (χ0v) is 9.54. The van der Waals surface area contributed by atoms with Gasteiger partial charge in [0.2, 0.25) is 0 Å². The van der Waals surface area contributed by atoms with Crippen molar-refractivity contribution in [3.8, 4) is 0 Å². The summed E-state index contributed by atoms with van der Waals surface area (Å²) < 4.78 is 0.653. The molecule has 13 heavy (non-hydrogen) atoms. The number of amides is 1. The second-order valence-electron chi connectivity index (χ2n) is 2.87. The first kappa shape index (κ1) is 10.5. The summed E-state index contributed by atoms with van der Waals surface area (Å²) in [5.41, 5.74) is 0. The lowest BCUT2D eigenvalue weighted by atomic mass is 10.5. The van der Waals surface area contributed by atoms with Crippen LogP contribution in [0, 0.1) is 0 Å². The smallest absolute Gasteiger partial charge is 0.267 e. The lowest BCUT2D eigenvalue weighted by Crippen LogP contribution is -2.27. The summed E-state index contributed by atoms with van der Waals surface area (Å²) in [6.45, 7) is 2.57. The van der Waals surface area contributed by atoms with Gasteiger partial charge in [0, 0.05) is 26.8 Å². The molecule has 1 saturated heterocycles. The van der Waals surface area contributed by atoms with Crippen molar-refractivity contribution in [2.75, 3.05) is 20.6 Å². The van der Waals surface area contributed by atoms with Crippen LogP contribution in [0.4, 0.5) is 0 Å². The van der Waals surface area contributed by atoms with Gasteiger partial charge in [0.25, 0.3) is 5.91 Å². The number of hydrogen-bond donors (Lipinski definition) is 0. The maximum absolute atomic E-state index is 11.6. The van der Waals surface area contributed by atoms with Crippen molar-refractivity contribution >= 4 is 34.2 Å². The first-order valence-corrected chi connectivity index (χ1v) is 5.20. The SMILES string of the molecule is CCN1C(=O)/C(=C/N(C)C)SC1=S. The number of rotatable bonds is 2. The molecule has 0 N–H and O–H groups in total. The van der Waals surface area contributed by atoms with E-state index in [9.17, 15) is 4.79 Å². The van der Waals surface area contributed by atoms with Gasteiger partial charge in [0.1, 0.15) is 4.32 Å². The van der Waals surface area contributed by atoms with E-state index in [2.05, 4.69) is 0 Å². The van der Waals surface area contributed by atoms with E-state index < -0.39 is 0 Å². The molecule has 0 atom stereocenters. The van der Waals surface area contributed by atoms with E-state index in [0.717, 1.165) is 0 Å². The molecule has 5 heteroatoms. The molecule has 1 aliphatic heterocycles. The third kappa shape index (κ3) is 2.22. The third-order valence-electron chi connectivity index (χ3n) is 1.57. The standard InChI is InChI=1S/C8H12N2OS2/c1-4-10-7(11)6(5-9(2)3)13-8(10)12/h5H,4H2,1-3H3/b6-5-. The normalized spacial score (nSPS) is 20.2. The van der Waals surface area contributed by atoms with E-state index >= 15 is 0 Å². The minimum atomic E-state index is 0.0196. The van der Waals surface area contributed by atoms with Gasteiger partial charge in [0.15, 0.2) is 0 Å². The summed E-state index contributed by atoms with van der Waals surface area (Å²) in [7, 11) is 3.77. The molecule has 0 bridgehead atoms. The molecule has 0 radical (unpaired) electrons. The van der Waals surface area contributed by atoms with Gasteiger partial charge in [-0.15, -0.1) is 0 Å². The Morgan fingerprint density at radius 1 is 1.62 bits per heavy atom. The Bertz CT molecular complexity index is 273. The van der Waals surface area contributed by atoms with Crippen LogP contribution < -0.4 is 0 Å². The van der Waals surface area contributed by atoms with Crippen molar-refractivity contribution in [1.82, 2.24) is 9.80 Å².